The third-order valence-electron chi connectivity index (χ3n) is 2.96. The van der Waals surface area contributed by atoms with E-state index >= 15 is 0 Å². The number of hydrogen-bond donors (Lipinski definition) is 1. The lowest BCUT2D eigenvalue weighted by Gasteiger charge is -2.06. The van der Waals surface area contributed by atoms with E-state index in [2.05, 4.69) is 10.5 Å². The molecule has 4 nitrogen and oxygen atoms in total. The monoisotopic (exact) mass is 322 g/mol. The van der Waals surface area contributed by atoms with E-state index in [1.54, 1.807) is 0 Å². The van der Waals surface area contributed by atoms with Gasteiger partial charge in [-0.05, 0) is 30.2 Å². The zero-order chi connectivity index (χ0) is 16.8. The number of nitrogens with zero attached hydrogens (tertiary/aromatic N) is 1. The zero-order valence-electron chi connectivity index (χ0n) is 12.1. The average molecular weight is 322 g/mol. The van der Waals surface area contributed by atoms with Crippen LogP contribution in [-0.2, 0) is 9.63 Å². The van der Waals surface area contributed by atoms with E-state index in [-0.39, 0.29) is 0 Å². The molecule has 7 heteroatoms. The molecule has 1 amide bonds. The summed E-state index contributed by atoms with van der Waals surface area (Å²) in [7, 11) is 0. The highest BCUT2D eigenvalue weighted by molar-refractivity contribution is 5.91. The minimum Gasteiger partial charge on any atom is -0.386 e. The molecule has 2 rings (SSSR count). The molecule has 1 N–H and O–H groups in total. The summed E-state index contributed by atoms with van der Waals surface area (Å²) in [6.07, 6.45) is 1.43. The number of rotatable bonds is 5. The van der Waals surface area contributed by atoms with E-state index in [9.17, 15) is 18.0 Å². The minimum absolute atomic E-state index is 0.472. The van der Waals surface area contributed by atoms with E-state index in [0.717, 1.165) is 17.2 Å². The molecule has 0 heterocycles. The molecule has 0 aliphatic rings. The van der Waals surface area contributed by atoms with Gasteiger partial charge >= 0.3 is 0 Å². The van der Waals surface area contributed by atoms with Gasteiger partial charge in [0.1, 0.15) is 0 Å². The first-order chi connectivity index (χ1) is 11.0. The Hall–Kier alpha value is -2.83. The number of anilines is 1. The van der Waals surface area contributed by atoms with Crippen LogP contribution < -0.4 is 5.32 Å². The van der Waals surface area contributed by atoms with Crippen LogP contribution in [-0.4, -0.2) is 18.7 Å². The first-order valence-corrected chi connectivity index (χ1v) is 6.63. The Morgan fingerprint density at radius 1 is 1.17 bits per heavy atom. The summed E-state index contributed by atoms with van der Waals surface area (Å²) < 4.78 is 39.2. The van der Waals surface area contributed by atoms with Crippen LogP contribution in [0.15, 0.2) is 41.6 Å². The number of amides is 1. The van der Waals surface area contributed by atoms with Crippen molar-refractivity contribution in [3.8, 4) is 0 Å². The number of benzene rings is 2. The molecular weight excluding hydrogens is 309 g/mol. The third kappa shape index (κ3) is 4.32. The van der Waals surface area contributed by atoms with Gasteiger partial charge in [-0.3, -0.25) is 4.79 Å². The normalized spacial score (nSPS) is 10.8. The topological polar surface area (TPSA) is 50.7 Å². The van der Waals surface area contributed by atoms with Crippen molar-refractivity contribution in [3.05, 3.63) is 65.0 Å². The number of hydrogen-bond acceptors (Lipinski definition) is 3. The Labute approximate surface area is 130 Å². The zero-order valence-corrected chi connectivity index (χ0v) is 12.1. The van der Waals surface area contributed by atoms with Gasteiger partial charge in [0.2, 0.25) is 0 Å². The van der Waals surface area contributed by atoms with Crippen LogP contribution in [0.2, 0.25) is 0 Å². The quantitative estimate of drug-likeness (QED) is 0.521. The average Bonchev–Trinajstić information content (AvgIpc) is 2.54. The van der Waals surface area contributed by atoms with Crippen molar-refractivity contribution < 1.29 is 22.8 Å². The molecule has 0 atom stereocenters. The maximum absolute atomic E-state index is 13.4. The van der Waals surface area contributed by atoms with Crippen LogP contribution in [0, 0.1) is 24.4 Å². The molecule has 0 unspecified atom stereocenters. The van der Waals surface area contributed by atoms with Gasteiger partial charge in [0.15, 0.2) is 24.1 Å². The van der Waals surface area contributed by atoms with Crippen molar-refractivity contribution in [2.24, 2.45) is 5.16 Å². The third-order valence-corrected chi connectivity index (χ3v) is 2.96. The first kappa shape index (κ1) is 16.5. The van der Waals surface area contributed by atoms with Gasteiger partial charge in [-0.15, -0.1) is 0 Å². The Kier molecular flexibility index (Phi) is 5.35. The van der Waals surface area contributed by atoms with E-state index in [1.165, 1.54) is 6.21 Å². The second kappa shape index (κ2) is 7.44. The van der Waals surface area contributed by atoms with Gasteiger partial charge in [-0.25, -0.2) is 13.2 Å². The van der Waals surface area contributed by atoms with E-state index in [4.69, 9.17) is 4.84 Å². The molecule has 0 radical (unpaired) electrons. The number of carbonyl (C=O) groups is 1. The van der Waals surface area contributed by atoms with Gasteiger partial charge in [0, 0.05) is 0 Å². The fourth-order valence-electron chi connectivity index (χ4n) is 1.73. The molecule has 0 spiro atoms. The molecule has 23 heavy (non-hydrogen) atoms. The predicted molar refractivity (Wildman–Crippen MR) is 79.7 cm³/mol. The summed E-state index contributed by atoms with van der Waals surface area (Å²) in [5.74, 6) is -5.21. The maximum atomic E-state index is 13.4. The van der Waals surface area contributed by atoms with Crippen LogP contribution in [0.4, 0.5) is 18.9 Å². The Morgan fingerprint density at radius 3 is 2.65 bits per heavy atom. The highest BCUT2D eigenvalue weighted by Crippen LogP contribution is 2.19. The number of carbonyl (C=O) groups excluding carboxylic acids is 1. The predicted octanol–water partition coefficient (Wildman–Crippen LogP) is 3.40. The van der Waals surface area contributed by atoms with Crippen LogP contribution in [0.3, 0.4) is 0 Å². The number of aryl methyl sites for hydroxylation is 1. The van der Waals surface area contributed by atoms with Crippen molar-refractivity contribution in [1.82, 2.24) is 0 Å². The number of nitrogens with one attached hydrogen (secondary N) is 1. The van der Waals surface area contributed by atoms with Crippen molar-refractivity contribution in [1.29, 1.82) is 0 Å². The summed E-state index contributed by atoms with van der Waals surface area (Å²) >= 11 is 0. The minimum atomic E-state index is -1.65. The smallest absolute Gasteiger partial charge is 0.265 e. The fourth-order valence-corrected chi connectivity index (χ4v) is 1.73. The van der Waals surface area contributed by atoms with Gasteiger partial charge in [0.05, 0.1) is 11.9 Å². The van der Waals surface area contributed by atoms with Gasteiger partial charge < -0.3 is 10.2 Å². The largest absolute Gasteiger partial charge is 0.386 e. The summed E-state index contributed by atoms with van der Waals surface area (Å²) in [6, 6.07) is 9.04. The standard InChI is InChI=1S/C16H13F3N2O2/c1-10-4-2-3-5-11(10)8-20-23-9-14(22)21-13-7-6-12(17)15(18)16(13)19/h2-8H,9H2,1H3,(H,21,22)/b20-8-. The Bertz CT molecular complexity index is 748. The highest BCUT2D eigenvalue weighted by atomic mass is 19.2. The van der Waals surface area contributed by atoms with Crippen LogP contribution in [0.5, 0.6) is 0 Å². The molecule has 0 saturated carbocycles. The molecule has 0 saturated heterocycles. The number of oxime groups is 1. The Morgan fingerprint density at radius 2 is 1.91 bits per heavy atom. The summed E-state index contributed by atoms with van der Waals surface area (Å²) in [6.45, 7) is 1.39. The van der Waals surface area contributed by atoms with Gasteiger partial charge in [-0.1, -0.05) is 29.4 Å². The van der Waals surface area contributed by atoms with Crippen molar-refractivity contribution >= 4 is 17.8 Å². The molecule has 120 valence electrons. The van der Waals surface area contributed by atoms with Crippen molar-refractivity contribution in [2.45, 2.75) is 6.92 Å². The number of halogens is 3. The highest BCUT2D eigenvalue weighted by Gasteiger charge is 2.15. The van der Waals surface area contributed by atoms with Crippen LogP contribution in [0.25, 0.3) is 0 Å². The molecule has 0 aliphatic carbocycles. The molecular formula is C16H13F3N2O2. The Balaban J connectivity index is 1.89. The maximum Gasteiger partial charge on any atom is 0.265 e. The molecule has 0 aromatic heterocycles. The fraction of sp³-hybridized carbons (Fsp3) is 0.125. The summed E-state index contributed by atoms with van der Waals surface area (Å²) in [5, 5.41) is 5.69. The van der Waals surface area contributed by atoms with Crippen molar-refractivity contribution in [2.75, 3.05) is 11.9 Å². The molecule has 2 aromatic carbocycles. The molecule has 0 fully saturated rings. The second-order valence-electron chi connectivity index (χ2n) is 4.64. The lowest BCUT2D eigenvalue weighted by atomic mass is 10.1. The SMILES string of the molecule is Cc1ccccc1/C=N\OCC(=O)Nc1ccc(F)c(F)c1F. The van der Waals surface area contributed by atoms with Crippen LogP contribution >= 0.6 is 0 Å². The second-order valence-corrected chi connectivity index (χ2v) is 4.64. The van der Waals surface area contributed by atoms with Crippen molar-refractivity contribution in [3.63, 3.8) is 0 Å². The molecule has 0 bridgehead atoms. The van der Waals surface area contributed by atoms with E-state index in [0.29, 0.717) is 6.07 Å². The lowest BCUT2D eigenvalue weighted by molar-refractivity contribution is -0.120. The molecule has 2 aromatic rings. The van der Waals surface area contributed by atoms with Crippen LogP contribution in [0.1, 0.15) is 11.1 Å². The molecule has 0 aliphatic heterocycles. The first-order valence-electron chi connectivity index (χ1n) is 6.63. The van der Waals surface area contributed by atoms with E-state index < -0.39 is 35.7 Å². The summed E-state index contributed by atoms with van der Waals surface area (Å²) in [4.78, 5) is 16.3. The van der Waals surface area contributed by atoms with E-state index in [1.807, 2.05) is 31.2 Å². The lowest BCUT2D eigenvalue weighted by Crippen LogP contribution is -2.18. The van der Waals surface area contributed by atoms with Gasteiger partial charge in [-0.2, -0.15) is 0 Å². The van der Waals surface area contributed by atoms with Gasteiger partial charge in [0.25, 0.3) is 5.91 Å². The summed E-state index contributed by atoms with van der Waals surface area (Å²) in [5.41, 5.74) is 1.33.